The highest BCUT2D eigenvalue weighted by Gasteiger charge is 2.07. The van der Waals surface area contributed by atoms with E-state index in [-0.39, 0.29) is 24.0 Å². The molecule has 2 aromatic heterocycles. The van der Waals surface area contributed by atoms with Gasteiger partial charge < -0.3 is 15.2 Å². The molecule has 0 saturated heterocycles. The topological polar surface area (TPSA) is 67.1 Å². The smallest absolute Gasteiger partial charge is 0.191 e. The average molecular weight is 531 g/mol. The Morgan fingerprint density at radius 1 is 1.18 bits per heavy atom. The Kier molecular flexibility index (Phi) is 9.20. The largest absolute Gasteiger partial charge is 0.356 e. The minimum absolute atomic E-state index is 0. The summed E-state index contributed by atoms with van der Waals surface area (Å²) in [7, 11) is 1.96. The van der Waals surface area contributed by atoms with Crippen LogP contribution in [-0.2, 0) is 26.6 Å². The molecule has 1 aromatic carbocycles. The number of benzene rings is 1. The van der Waals surface area contributed by atoms with E-state index in [0.717, 1.165) is 41.2 Å². The van der Waals surface area contributed by atoms with Crippen LogP contribution < -0.4 is 10.6 Å². The summed E-state index contributed by atoms with van der Waals surface area (Å²) in [5, 5.41) is 17.8. The third kappa shape index (κ3) is 6.46. The van der Waals surface area contributed by atoms with E-state index in [1.165, 1.54) is 4.88 Å². The van der Waals surface area contributed by atoms with E-state index in [2.05, 4.69) is 43.3 Å². The zero-order valence-corrected chi connectivity index (χ0v) is 19.8. The van der Waals surface area contributed by atoms with Crippen LogP contribution in [0.2, 0.25) is 5.02 Å². The van der Waals surface area contributed by atoms with Gasteiger partial charge in [-0.3, -0.25) is 0 Å². The first-order valence-electron chi connectivity index (χ1n) is 8.76. The van der Waals surface area contributed by atoms with Gasteiger partial charge in [0.25, 0.3) is 0 Å². The molecule has 3 rings (SSSR count). The molecule has 0 unspecified atom stereocenters. The van der Waals surface area contributed by atoms with Gasteiger partial charge in [-0.1, -0.05) is 35.9 Å². The van der Waals surface area contributed by atoms with Crippen LogP contribution >= 0.6 is 46.9 Å². The van der Waals surface area contributed by atoms with Gasteiger partial charge in [0.1, 0.15) is 5.82 Å². The lowest BCUT2D eigenvalue weighted by Gasteiger charge is -2.12. The molecule has 0 fully saturated rings. The SMILES string of the molecule is Cc1nnc(CNC(=NCc2ccccc2Cl)NCCc2cccs2)n1C.I. The first-order chi connectivity index (χ1) is 13.1. The number of rotatable bonds is 7. The van der Waals surface area contributed by atoms with Crippen molar-refractivity contribution in [3.05, 3.63) is 68.9 Å². The molecule has 0 atom stereocenters. The van der Waals surface area contributed by atoms with Gasteiger partial charge in [0.05, 0.1) is 13.1 Å². The van der Waals surface area contributed by atoms with Crippen molar-refractivity contribution >= 4 is 52.9 Å². The van der Waals surface area contributed by atoms with Gasteiger partial charge in [0.15, 0.2) is 11.8 Å². The summed E-state index contributed by atoms with van der Waals surface area (Å²) in [6.07, 6.45) is 0.952. The van der Waals surface area contributed by atoms with E-state index in [0.29, 0.717) is 13.1 Å². The van der Waals surface area contributed by atoms with Gasteiger partial charge in [-0.2, -0.15) is 0 Å². The van der Waals surface area contributed by atoms with Crippen molar-refractivity contribution in [2.75, 3.05) is 6.54 Å². The predicted octanol–water partition coefficient (Wildman–Crippen LogP) is 3.93. The number of hydrogen-bond donors (Lipinski definition) is 2. The summed E-state index contributed by atoms with van der Waals surface area (Å²) in [6, 6.07) is 12.0. The summed E-state index contributed by atoms with van der Waals surface area (Å²) < 4.78 is 1.96. The highest BCUT2D eigenvalue weighted by molar-refractivity contribution is 14.0. The lowest BCUT2D eigenvalue weighted by Crippen LogP contribution is -2.38. The van der Waals surface area contributed by atoms with Crippen molar-refractivity contribution in [3.63, 3.8) is 0 Å². The standard InChI is InChI=1S/C19H23ClN6S.HI/c1-14-24-25-18(26(14)2)13-23-19(21-10-9-16-7-5-11-27-16)22-12-15-6-3-4-8-17(15)20;/h3-8,11H,9-10,12-13H2,1-2H3,(H2,21,22,23);1H. The Labute approximate surface area is 191 Å². The van der Waals surface area contributed by atoms with Crippen LogP contribution in [0.3, 0.4) is 0 Å². The Morgan fingerprint density at radius 3 is 2.68 bits per heavy atom. The predicted molar refractivity (Wildman–Crippen MR) is 127 cm³/mol. The molecule has 0 amide bonds. The van der Waals surface area contributed by atoms with Crippen molar-refractivity contribution in [2.24, 2.45) is 12.0 Å². The second-order valence-electron chi connectivity index (χ2n) is 6.09. The maximum absolute atomic E-state index is 6.25. The highest BCUT2D eigenvalue weighted by atomic mass is 127. The molecule has 0 spiro atoms. The lowest BCUT2D eigenvalue weighted by atomic mass is 10.2. The van der Waals surface area contributed by atoms with Crippen molar-refractivity contribution in [1.29, 1.82) is 0 Å². The van der Waals surface area contributed by atoms with Gasteiger partial charge in [-0.25, -0.2) is 4.99 Å². The number of halogens is 2. The molecule has 0 radical (unpaired) electrons. The maximum atomic E-state index is 6.25. The number of aromatic nitrogens is 3. The van der Waals surface area contributed by atoms with Crippen LogP contribution in [0.15, 0.2) is 46.8 Å². The van der Waals surface area contributed by atoms with Crippen LogP contribution in [-0.4, -0.2) is 27.3 Å². The number of guanidine groups is 1. The first-order valence-corrected chi connectivity index (χ1v) is 10.0. The van der Waals surface area contributed by atoms with Gasteiger partial charge >= 0.3 is 0 Å². The van der Waals surface area contributed by atoms with Crippen LogP contribution in [0, 0.1) is 6.92 Å². The fraction of sp³-hybridized carbons (Fsp3) is 0.316. The number of aryl methyl sites for hydroxylation is 1. The van der Waals surface area contributed by atoms with E-state index in [4.69, 9.17) is 11.6 Å². The second kappa shape index (κ2) is 11.4. The minimum Gasteiger partial charge on any atom is -0.356 e. The molecule has 2 N–H and O–H groups in total. The van der Waals surface area contributed by atoms with Crippen LogP contribution in [0.25, 0.3) is 0 Å². The molecule has 9 heteroatoms. The molecule has 0 aliphatic heterocycles. The molecular weight excluding hydrogens is 507 g/mol. The molecule has 0 saturated carbocycles. The second-order valence-corrected chi connectivity index (χ2v) is 7.53. The van der Waals surface area contributed by atoms with Crippen molar-refractivity contribution in [2.45, 2.75) is 26.4 Å². The minimum atomic E-state index is 0. The van der Waals surface area contributed by atoms with Crippen molar-refractivity contribution in [1.82, 2.24) is 25.4 Å². The van der Waals surface area contributed by atoms with Crippen LogP contribution in [0.5, 0.6) is 0 Å². The normalized spacial score (nSPS) is 11.2. The third-order valence-corrected chi connectivity index (χ3v) is 5.51. The van der Waals surface area contributed by atoms with E-state index < -0.39 is 0 Å². The van der Waals surface area contributed by atoms with E-state index in [1.54, 1.807) is 11.3 Å². The quantitative estimate of drug-likeness (QED) is 0.276. The number of nitrogens with one attached hydrogen (secondary N) is 2. The van der Waals surface area contributed by atoms with Gasteiger partial charge in [-0.15, -0.1) is 45.5 Å². The summed E-state index contributed by atoms with van der Waals surface area (Å²) in [6.45, 7) is 3.78. The zero-order chi connectivity index (χ0) is 19.1. The number of nitrogens with zero attached hydrogens (tertiary/aromatic N) is 4. The Morgan fingerprint density at radius 2 is 2.00 bits per heavy atom. The summed E-state index contributed by atoms with van der Waals surface area (Å²) >= 11 is 8.01. The fourth-order valence-corrected chi connectivity index (χ4v) is 3.40. The molecule has 0 bridgehead atoms. The summed E-state index contributed by atoms with van der Waals surface area (Å²) in [5.41, 5.74) is 0.994. The molecule has 28 heavy (non-hydrogen) atoms. The molecule has 6 nitrogen and oxygen atoms in total. The molecule has 3 aromatic rings. The van der Waals surface area contributed by atoms with Gasteiger partial charge in [0, 0.05) is 23.5 Å². The fourth-order valence-electron chi connectivity index (χ4n) is 2.49. The number of thiophene rings is 1. The van der Waals surface area contributed by atoms with Gasteiger partial charge in [-0.05, 0) is 36.4 Å². The Bertz CT molecular complexity index is 894. The summed E-state index contributed by atoms with van der Waals surface area (Å²) in [4.78, 5) is 6.03. The first kappa shape index (κ1) is 22.6. The molecule has 2 heterocycles. The van der Waals surface area contributed by atoms with Crippen molar-refractivity contribution in [3.8, 4) is 0 Å². The molecular formula is C19H24ClIN6S. The van der Waals surface area contributed by atoms with Crippen LogP contribution in [0.4, 0.5) is 0 Å². The monoisotopic (exact) mass is 530 g/mol. The van der Waals surface area contributed by atoms with E-state index in [9.17, 15) is 0 Å². The highest BCUT2D eigenvalue weighted by Crippen LogP contribution is 2.15. The Hall–Kier alpha value is -1.65. The van der Waals surface area contributed by atoms with Crippen LogP contribution in [0.1, 0.15) is 22.1 Å². The third-order valence-electron chi connectivity index (χ3n) is 4.21. The number of aliphatic imine (C=N–C) groups is 1. The van der Waals surface area contributed by atoms with Gasteiger partial charge in [0.2, 0.25) is 0 Å². The lowest BCUT2D eigenvalue weighted by molar-refractivity contribution is 0.713. The summed E-state index contributed by atoms with van der Waals surface area (Å²) in [5.74, 6) is 2.47. The van der Waals surface area contributed by atoms with E-state index in [1.807, 2.05) is 42.8 Å². The number of hydrogen-bond acceptors (Lipinski definition) is 4. The zero-order valence-electron chi connectivity index (χ0n) is 15.9. The maximum Gasteiger partial charge on any atom is 0.191 e. The molecule has 0 aliphatic rings. The van der Waals surface area contributed by atoms with E-state index >= 15 is 0 Å². The Balaban J connectivity index is 0.00000280. The molecule has 150 valence electrons. The average Bonchev–Trinajstić information content (AvgIpc) is 3.29. The van der Waals surface area contributed by atoms with Crippen molar-refractivity contribution < 1.29 is 0 Å². The molecule has 0 aliphatic carbocycles.